The summed E-state index contributed by atoms with van der Waals surface area (Å²) >= 11 is 5.83. The highest BCUT2D eigenvalue weighted by atomic mass is 35.5. The molecule has 1 fully saturated rings. The van der Waals surface area contributed by atoms with Crippen molar-refractivity contribution < 1.29 is 14.0 Å². The first-order valence-electron chi connectivity index (χ1n) is 7.15. The number of carbonyl (C=O) groups is 2. The van der Waals surface area contributed by atoms with Crippen LogP contribution < -0.4 is 10.2 Å². The van der Waals surface area contributed by atoms with Gasteiger partial charge < -0.3 is 5.32 Å². The number of nitrogens with one attached hydrogen (secondary N) is 1. The molecule has 1 atom stereocenters. The molecule has 2 amide bonds. The molecule has 0 aliphatic carbocycles. The van der Waals surface area contributed by atoms with Gasteiger partial charge in [-0.05, 0) is 42.0 Å². The number of anilines is 1. The van der Waals surface area contributed by atoms with Gasteiger partial charge in [-0.3, -0.25) is 9.59 Å². The summed E-state index contributed by atoms with van der Waals surface area (Å²) in [6.07, 6.45) is 0.0871. The lowest BCUT2D eigenvalue weighted by molar-refractivity contribution is -0.121. The number of benzene rings is 2. The number of carbonyl (C=O) groups excluding carboxylic acids is 2. The average Bonchev–Trinajstić information content (AvgIpc) is 2.82. The van der Waals surface area contributed by atoms with Gasteiger partial charge >= 0.3 is 0 Å². The van der Waals surface area contributed by atoms with Crippen LogP contribution in [0.2, 0.25) is 5.02 Å². The Kier molecular flexibility index (Phi) is 4.41. The monoisotopic (exact) mass is 332 g/mol. The van der Waals surface area contributed by atoms with E-state index >= 15 is 0 Å². The van der Waals surface area contributed by atoms with E-state index in [4.69, 9.17) is 11.6 Å². The van der Waals surface area contributed by atoms with Crippen LogP contribution in [0.25, 0.3) is 0 Å². The van der Waals surface area contributed by atoms with Crippen LogP contribution in [0.1, 0.15) is 12.0 Å². The largest absolute Gasteiger partial charge is 0.301 e. The van der Waals surface area contributed by atoms with Crippen LogP contribution in [-0.2, 0) is 16.1 Å². The number of halogens is 2. The molecule has 0 unspecified atom stereocenters. The summed E-state index contributed by atoms with van der Waals surface area (Å²) in [6.45, 7) is 0.456. The van der Waals surface area contributed by atoms with Gasteiger partial charge in [-0.15, -0.1) is 0 Å². The molecule has 1 heterocycles. The molecule has 0 saturated carbocycles. The molecule has 4 nitrogen and oxygen atoms in total. The molecular weight excluding hydrogens is 319 g/mol. The number of rotatable bonds is 4. The molecule has 1 N–H and O–H groups in total. The number of hydrogen-bond acceptors (Lipinski definition) is 3. The molecule has 2 aromatic rings. The van der Waals surface area contributed by atoms with E-state index in [9.17, 15) is 14.0 Å². The van der Waals surface area contributed by atoms with Gasteiger partial charge in [0.05, 0.1) is 18.2 Å². The summed E-state index contributed by atoms with van der Waals surface area (Å²) < 4.78 is 13.0. The topological polar surface area (TPSA) is 49.4 Å². The van der Waals surface area contributed by atoms with Crippen molar-refractivity contribution in [1.82, 2.24) is 5.32 Å². The van der Waals surface area contributed by atoms with Gasteiger partial charge in [-0.2, -0.15) is 0 Å². The van der Waals surface area contributed by atoms with Gasteiger partial charge in [0.1, 0.15) is 5.82 Å². The lowest BCUT2D eigenvalue weighted by atomic mass is 10.2. The molecule has 23 heavy (non-hydrogen) atoms. The summed E-state index contributed by atoms with van der Waals surface area (Å²) in [7, 11) is 0. The average molecular weight is 333 g/mol. The van der Waals surface area contributed by atoms with E-state index < -0.39 is 11.9 Å². The van der Waals surface area contributed by atoms with Crippen LogP contribution in [0.3, 0.4) is 0 Å². The normalized spacial score (nSPS) is 17.8. The Balaban J connectivity index is 1.68. The van der Waals surface area contributed by atoms with E-state index in [2.05, 4.69) is 5.32 Å². The summed E-state index contributed by atoms with van der Waals surface area (Å²) in [5.74, 6) is -1.03. The number of amides is 2. The zero-order valence-electron chi connectivity index (χ0n) is 12.1. The third-order valence-electron chi connectivity index (χ3n) is 3.70. The van der Waals surface area contributed by atoms with Gasteiger partial charge in [0.15, 0.2) is 0 Å². The lowest BCUT2D eigenvalue weighted by Crippen LogP contribution is -2.38. The number of hydrogen-bond donors (Lipinski definition) is 1. The van der Waals surface area contributed by atoms with Gasteiger partial charge in [0, 0.05) is 11.6 Å². The molecule has 2 aromatic carbocycles. The minimum atomic E-state index is -0.580. The Morgan fingerprint density at radius 2 is 1.74 bits per heavy atom. The van der Waals surface area contributed by atoms with Crippen LogP contribution in [0.15, 0.2) is 48.5 Å². The van der Waals surface area contributed by atoms with Crippen LogP contribution in [0.4, 0.5) is 10.1 Å². The highest BCUT2D eigenvalue weighted by Gasteiger charge is 2.39. The van der Waals surface area contributed by atoms with Crippen molar-refractivity contribution in [1.29, 1.82) is 0 Å². The molecular formula is C17H14ClFN2O2. The van der Waals surface area contributed by atoms with Crippen molar-refractivity contribution in [2.45, 2.75) is 19.0 Å². The Morgan fingerprint density at radius 1 is 1.09 bits per heavy atom. The van der Waals surface area contributed by atoms with Crippen LogP contribution in [-0.4, -0.2) is 17.9 Å². The van der Waals surface area contributed by atoms with E-state index in [1.54, 1.807) is 12.1 Å². The fourth-order valence-electron chi connectivity index (χ4n) is 2.50. The third kappa shape index (κ3) is 3.41. The summed E-state index contributed by atoms with van der Waals surface area (Å²) in [4.78, 5) is 25.6. The van der Waals surface area contributed by atoms with Crippen LogP contribution in [0, 0.1) is 5.82 Å². The lowest BCUT2D eigenvalue weighted by Gasteiger charge is -2.15. The second kappa shape index (κ2) is 6.48. The Labute approximate surface area is 137 Å². The van der Waals surface area contributed by atoms with E-state index in [1.165, 1.54) is 24.3 Å². The first-order chi connectivity index (χ1) is 11.0. The SMILES string of the molecule is O=C1C[C@H](NCc2ccc(Cl)cc2)C(=O)N1c1ccc(F)cc1. The summed E-state index contributed by atoms with van der Waals surface area (Å²) in [5.41, 5.74) is 1.35. The smallest absolute Gasteiger partial charge is 0.251 e. The van der Waals surface area contributed by atoms with E-state index in [0.717, 1.165) is 10.5 Å². The Morgan fingerprint density at radius 3 is 2.39 bits per heavy atom. The van der Waals surface area contributed by atoms with E-state index in [0.29, 0.717) is 17.3 Å². The van der Waals surface area contributed by atoms with Crippen molar-refractivity contribution in [3.05, 3.63) is 64.9 Å². The Bertz CT molecular complexity index is 731. The highest BCUT2D eigenvalue weighted by Crippen LogP contribution is 2.23. The molecule has 1 aliphatic heterocycles. The Hall–Kier alpha value is -2.24. The fraction of sp³-hybridized carbons (Fsp3) is 0.176. The van der Waals surface area contributed by atoms with Crippen LogP contribution in [0.5, 0.6) is 0 Å². The van der Waals surface area contributed by atoms with Gasteiger partial charge in [-0.1, -0.05) is 23.7 Å². The third-order valence-corrected chi connectivity index (χ3v) is 3.95. The van der Waals surface area contributed by atoms with Gasteiger partial charge in [-0.25, -0.2) is 9.29 Å². The van der Waals surface area contributed by atoms with Crippen LogP contribution >= 0.6 is 11.6 Å². The molecule has 6 heteroatoms. The maximum Gasteiger partial charge on any atom is 0.251 e. The van der Waals surface area contributed by atoms with Crippen molar-refractivity contribution in [3.63, 3.8) is 0 Å². The molecule has 0 aromatic heterocycles. The maximum atomic E-state index is 13.0. The molecule has 1 saturated heterocycles. The van der Waals surface area contributed by atoms with Crippen molar-refractivity contribution in [3.8, 4) is 0 Å². The second-order valence-corrected chi connectivity index (χ2v) is 5.74. The maximum absolute atomic E-state index is 13.0. The zero-order valence-corrected chi connectivity index (χ0v) is 12.9. The highest BCUT2D eigenvalue weighted by molar-refractivity contribution is 6.30. The predicted molar refractivity (Wildman–Crippen MR) is 85.6 cm³/mol. The van der Waals surface area contributed by atoms with E-state index in [-0.39, 0.29) is 18.2 Å². The fourth-order valence-corrected chi connectivity index (χ4v) is 2.62. The second-order valence-electron chi connectivity index (χ2n) is 5.31. The minimum Gasteiger partial charge on any atom is -0.301 e. The molecule has 3 rings (SSSR count). The standard InChI is InChI=1S/C17H14ClFN2O2/c18-12-3-1-11(2-4-12)10-20-15-9-16(22)21(17(15)23)14-7-5-13(19)6-8-14/h1-8,15,20H,9-10H2/t15-/m0/s1. The van der Waals surface area contributed by atoms with Crippen molar-refractivity contribution in [2.75, 3.05) is 4.90 Å². The van der Waals surface area contributed by atoms with Crippen molar-refractivity contribution in [2.24, 2.45) is 0 Å². The molecule has 0 radical (unpaired) electrons. The summed E-state index contributed by atoms with van der Waals surface area (Å²) in [6, 6.07) is 12.0. The van der Waals surface area contributed by atoms with Gasteiger partial charge in [0.2, 0.25) is 5.91 Å². The first kappa shape index (κ1) is 15.6. The molecule has 1 aliphatic rings. The quantitative estimate of drug-likeness (QED) is 0.876. The zero-order chi connectivity index (χ0) is 16.4. The molecule has 0 bridgehead atoms. The predicted octanol–water partition coefficient (Wildman–Crippen LogP) is 2.90. The van der Waals surface area contributed by atoms with Crippen molar-refractivity contribution >= 4 is 29.1 Å². The molecule has 0 spiro atoms. The van der Waals surface area contributed by atoms with Gasteiger partial charge in [0.25, 0.3) is 5.91 Å². The van der Waals surface area contributed by atoms with E-state index in [1.807, 2.05) is 12.1 Å². The number of nitrogens with zero attached hydrogens (tertiary/aromatic N) is 1. The summed E-state index contributed by atoms with van der Waals surface area (Å²) in [5, 5.41) is 3.72. The minimum absolute atomic E-state index is 0.0871. The first-order valence-corrected chi connectivity index (χ1v) is 7.52. The molecule has 118 valence electrons. The number of imide groups is 1.